The Morgan fingerprint density at radius 1 is 0.976 bits per heavy atom. The number of hydrogen-bond donors (Lipinski definition) is 1. The van der Waals surface area contributed by atoms with Gasteiger partial charge in [0.1, 0.15) is 24.4 Å². The Labute approximate surface area is 240 Å². The van der Waals surface area contributed by atoms with Gasteiger partial charge in [0, 0.05) is 12.5 Å². The Kier molecular flexibility index (Phi) is 9.42. The number of ether oxygens (including phenoxy) is 2. The van der Waals surface area contributed by atoms with Crippen LogP contribution in [0.15, 0.2) is 78.9 Å². The van der Waals surface area contributed by atoms with E-state index in [1.807, 2.05) is 67.6 Å². The van der Waals surface area contributed by atoms with E-state index in [1.54, 1.807) is 39.0 Å². The van der Waals surface area contributed by atoms with Crippen molar-refractivity contribution in [2.45, 2.75) is 64.5 Å². The van der Waals surface area contributed by atoms with Crippen LogP contribution in [0.25, 0.3) is 11.1 Å². The average molecular weight is 561 g/mol. The van der Waals surface area contributed by atoms with Crippen molar-refractivity contribution >= 4 is 18.0 Å². The lowest BCUT2D eigenvalue weighted by molar-refractivity contribution is -0.133. The molecule has 0 aromatic heterocycles. The van der Waals surface area contributed by atoms with Crippen LogP contribution >= 0.6 is 0 Å². The van der Waals surface area contributed by atoms with Crippen molar-refractivity contribution in [3.63, 3.8) is 0 Å². The van der Waals surface area contributed by atoms with Crippen LogP contribution in [0.4, 0.5) is 9.18 Å². The second-order valence-electron chi connectivity index (χ2n) is 11.3. The Balaban J connectivity index is 1.49. The standard InChI is InChI=1S/C33H37FN2O5/c1-22(29(35-32(39)41-33(2,3)4)30(37)36-18-17-28(34)20-36)24-13-15-25(16-14-24)26-11-8-12-27(19-26)31(38)40-21-23-9-6-5-7-10-23/h5-16,19,22,28-29H,17-18,20-21H2,1-4H3,(H,35,39)/t22-,28-,29-/m0/s1. The number of carbonyl (C=O) groups is 3. The summed E-state index contributed by atoms with van der Waals surface area (Å²) in [6.07, 6.45) is -1.49. The minimum absolute atomic E-state index is 0.0150. The molecule has 1 aliphatic rings. The molecule has 1 heterocycles. The Morgan fingerprint density at radius 2 is 1.68 bits per heavy atom. The topological polar surface area (TPSA) is 84.9 Å². The highest BCUT2D eigenvalue weighted by Gasteiger charge is 2.36. The van der Waals surface area contributed by atoms with Gasteiger partial charge < -0.3 is 19.7 Å². The first-order chi connectivity index (χ1) is 19.5. The number of hydrogen-bond acceptors (Lipinski definition) is 5. The minimum Gasteiger partial charge on any atom is -0.457 e. The number of nitrogens with zero attached hydrogens (tertiary/aromatic N) is 1. The van der Waals surface area contributed by atoms with Crippen molar-refractivity contribution in [2.24, 2.45) is 0 Å². The molecule has 4 rings (SSSR count). The van der Waals surface area contributed by atoms with Gasteiger partial charge >= 0.3 is 12.1 Å². The van der Waals surface area contributed by atoms with Gasteiger partial charge in [-0.3, -0.25) is 4.79 Å². The first-order valence-electron chi connectivity index (χ1n) is 13.8. The Hall–Kier alpha value is -4.20. The first-order valence-corrected chi connectivity index (χ1v) is 13.8. The number of likely N-dealkylation sites (tertiary alicyclic amines) is 1. The molecule has 8 heteroatoms. The summed E-state index contributed by atoms with van der Waals surface area (Å²) in [5.74, 6) is -1.16. The lowest BCUT2D eigenvalue weighted by Gasteiger charge is -2.30. The predicted octanol–water partition coefficient (Wildman–Crippen LogP) is 6.28. The molecule has 1 aliphatic heterocycles. The van der Waals surface area contributed by atoms with Crippen molar-refractivity contribution in [2.75, 3.05) is 13.1 Å². The van der Waals surface area contributed by atoms with Crippen LogP contribution in [0.3, 0.4) is 0 Å². The van der Waals surface area contributed by atoms with E-state index in [0.29, 0.717) is 12.1 Å². The van der Waals surface area contributed by atoms with Crippen LogP contribution in [-0.4, -0.2) is 53.8 Å². The number of halogens is 1. The lowest BCUT2D eigenvalue weighted by atomic mass is 9.90. The number of alkyl halides is 1. The summed E-state index contributed by atoms with van der Waals surface area (Å²) in [5, 5.41) is 2.73. The fraction of sp³-hybridized carbons (Fsp3) is 0.364. The molecule has 1 N–H and O–H groups in total. The van der Waals surface area contributed by atoms with E-state index in [0.717, 1.165) is 22.3 Å². The summed E-state index contributed by atoms with van der Waals surface area (Å²) < 4.78 is 24.8. The van der Waals surface area contributed by atoms with Gasteiger partial charge in [-0.2, -0.15) is 0 Å². The van der Waals surface area contributed by atoms with Crippen LogP contribution in [0.2, 0.25) is 0 Å². The highest BCUT2D eigenvalue weighted by atomic mass is 19.1. The molecule has 0 bridgehead atoms. The van der Waals surface area contributed by atoms with Crippen molar-refractivity contribution < 1.29 is 28.2 Å². The third kappa shape index (κ3) is 8.16. The number of amides is 2. The second-order valence-corrected chi connectivity index (χ2v) is 11.3. The number of benzene rings is 3. The molecule has 1 fully saturated rings. The maximum atomic E-state index is 13.9. The number of alkyl carbamates (subject to hydrolysis) is 1. The predicted molar refractivity (Wildman–Crippen MR) is 155 cm³/mol. The molecule has 3 aromatic carbocycles. The molecule has 0 aliphatic carbocycles. The van der Waals surface area contributed by atoms with Crippen molar-refractivity contribution in [1.82, 2.24) is 10.2 Å². The zero-order valence-corrected chi connectivity index (χ0v) is 23.9. The molecule has 7 nitrogen and oxygen atoms in total. The third-order valence-corrected chi connectivity index (χ3v) is 6.96. The summed E-state index contributed by atoms with van der Waals surface area (Å²) >= 11 is 0. The Bertz CT molecular complexity index is 1350. The van der Waals surface area contributed by atoms with Crippen LogP contribution < -0.4 is 5.32 Å². The molecule has 0 spiro atoms. The zero-order valence-electron chi connectivity index (χ0n) is 23.9. The van der Waals surface area contributed by atoms with E-state index in [9.17, 15) is 18.8 Å². The highest BCUT2D eigenvalue weighted by molar-refractivity contribution is 5.91. The quantitative estimate of drug-likeness (QED) is 0.328. The molecule has 216 valence electrons. The number of carbonyl (C=O) groups excluding carboxylic acids is 3. The van der Waals surface area contributed by atoms with Gasteiger partial charge in [-0.1, -0.05) is 73.7 Å². The smallest absolute Gasteiger partial charge is 0.408 e. The molecule has 41 heavy (non-hydrogen) atoms. The minimum atomic E-state index is -1.07. The van der Waals surface area contributed by atoms with Crippen molar-refractivity contribution in [3.8, 4) is 11.1 Å². The van der Waals surface area contributed by atoms with Gasteiger partial charge in [0.25, 0.3) is 0 Å². The molecule has 0 radical (unpaired) electrons. The molecule has 3 atom stereocenters. The molecule has 0 unspecified atom stereocenters. The Morgan fingerprint density at radius 3 is 2.32 bits per heavy atom. The molecule has 3 aromatic rings. The second kappa shape index (κ2) is 13.0. The van der Waals surface area contributed by atoms with Gasteiger partial charge in [-0.25, -0.2) is 14.0 Å². The molecule has 0 saturated carbocycles. The van der Waals surface area contributed by atoms with Gasteiger partial charge in [0.05, 0.1) is 12.1 Å². The monoisotopic (exact) mass is 560 g/mol. The summed E-state index contributed by atoms with van der Waals surface area (Å²) in [4.78, 5) is 40.1. The van der Waals surface area contributed by atoms with E-state index >= 15 is 0 Å². The maximum Gasteiger partial charge on any atom is 0.408 e. The summed E-state index contributed by atoms with van der Waals surface area (Å²) in [6.45, 7) is 7.61. The summed E-state index contributed by atoms with van der Waals surface area (Å²) in [6, 6.07) is 23.4. The van der Waals surface area contributed by atoms with Gasteiger partial charge in [0.15, 0.2) is 0 Å². The van der Waals surface area contributed by atoms with E-state index in [4.69, 9.17) is 9.47 Å². The van der Waals surface area contributed by atoms with Crippen LogP contribution in [-0.2, 0) is 20.9 Å². The van der Waals surface area contributed by atoms with E-state index in [-0.39, 0.29) is 25.5 Å². The van der Waals surface area contributed by atoms with Gasteiger partial charge in [-0.05, 0) is 61.6 Å². The largest absolute Gasteiger partial charge is 0.457 e. The molecular formula is C33H37FN2O5. The zero-order chi connectivity index (χ0) is 29.6. The normalized spacial score (nSPS) is 16.5. The van der Waals surface area contributed by atoms with Gasteiger partial charge in [-0.15, -0.1) is 0 Å². The first kappa shape index (κ1) is 29.8. The number of rotatable bonds is 8. The molecule has 2 amide bonds. The molecule has 1 saturated heterocycles. The van der Waals surface area contributed by atoms with Crippen LogP contribution in [0, 0.1) is 0 Å². The van der Waals surface area contributed by atoms with Crippen molar-refractivity contribution in [3.05, 3.63) is 95.6 Å². The molecular weight excluding hydrogens is 523 g/mol. The highest BCUT2D eigenvalue weighted by Crippen LogP contribution is 2.27. The maximum absolute atomic E-state index is 13.9. The SMILES string of the molecule is C[C@@H](c1ccc(-c2cccc(C(=O)OCc3ccccc3)c2)cc1)[C@H](NC(=O)OC(C)(C)C)C(=O)N1CC[C@H](F)C1. The average Bonchev–Trinajstić information content (AvgIpc) is 3.40. The fourth-order valence-electron chi connectivity index (χ4n) is 4.75. The van der Waals surface area contributed by atoms with E-state index in [1.165, 1.54) is 4.90 Å². The van der Waals surface area contributed by atoms with Crippen LogP contribution in [0.5, 0.6) is 0 Å². The lowest BCUT2D eigenvalue weighted by Crippen LogP contribution is -2.51. The van der Waals surface area contributed by atoms with E-state index < -0.39 is 35.8 Å². The fourth-order valence-corrected chi connectivity index (χ4v) is 4.75. The number of nitrogens with one attached hydrogen (secondary N) is 1. The van der Waals surface area contributed by atoms with Crippen molar-refractivity contribution in [1.29, 1.82) is 0 Å². The summed E-state index contributed by atoms with van der Waals surface area (Å²) in [5.41, 5.74) is 3.15. The number of esters is 1. The third-order valence-electron chi connectivity index (χ3n) is 6.96. The van der Waals surface area contributed by atoms with Gasteiger partial charge in [0.2, 0.25) is 5.91 Å². The van der Waals surface area contributed by atoms with E-state index in [2.05, 4.69) is 5.32 Å². The summed E-state index contributed by atoms with van der Waals surface area (Å²) in [7, 11) is 0. The van der Waals surface area contributed by atoms with Crippen LogP contribution in [0.1, 0.15) is 61.5 Å².